The number of hydrogen-bond acceptors (Lipinski definition) is 21. The van der Waals surface area contributed by atoms with Crippen LogP contribution in [0.2, 0.25) is 15.1 Å². The van der Waals surface area contributed by atoms with Crippen molar-refractivity contribution >= 4 is 159 Å². The number of hydrogen-bond donors (Lipinski definition) is 11. The fourth-order valence-electron chi connectivity index (χ4n) is 13.4. The van der Waals surface area contributed by atoms with Crippen molar-refractivity contribution in [3.63, 3.8) is 0 Å². The van der Waals surface area contributed by atoms with Gasteiger partial charge < -0.3 is 59.3 Å². The van der Waals surface area contributed by atoms with Crippen LogP contribution in [-0.2, 0) is 145 Å². The summed E-state index contributed by atoms with van der Waals surface area (Å²) in [4.78, 5) is 82.7. The minimum atomic E-state index is -5.84. The highest BCUT2D eigenvalue weighted by Crippen LogP contribution is 2.62. The summed E-state index contributed by atoms with van der Waals surface area (Å²) in [7, 11) is -48.5. The van der Waals surface area contributed by atoms with E-state index in [1.807, 2.05) is 0 Å². The molecule has 0 unspecified atom stereocenters. The monoisotopic (exact) mass is 2370 g/mol. The van der Waals surface area contributed by atoms with Crippen molar-refractivity contribution in [1.82, 2.24) is 17.2 Å². The predicted octanol–water partition coefficient (Wildman–Crippen LogP) is 18.9. The number of carbonyl (C=O) groups is 1. The maximum atomic E-state index is 14.0. The molecule has 1 fully saturated rings. The summed E-state index contributed by atoms with van der Waals surface area (Å²) in [5, 5.41) is 7.54. The molecule has 1 aliphatic rings. The molecule has 10 aromatic carbocycles. The number of nitrogens with zero attached hydrogens (tertiary/aromatic N) is 4. The molecule has 806 valence electrons. The van der Waals surface area contributed by atoms with Gasteiger partial charge in [0, 0.05) is 98.8 Å². The summed E-state index contributed by atoms with van der Waals surface area (Å²) in [6.07, 6.45) is 0.432. The van der Waals surface area contributed by atoms with E-state index in [9.17, 15) is 135 Å². The maximum absolute atomic E-state index is 14.0. The van der Waals surface area contributed by atoms with Crippen LogP contribution in [0.3, 0.4) is 0 Å². The highest BCUT2D eigenvalue weighted by molar-refractivity contribution is 7.93. The number of piperidine rings is 1. The third-order valence-corrected chi connectivity index (χ3v) is 37.8. The predicted molar refractivity (Wildman–Crippen MR) is 516 cm³/mol. The maximum Gasteiger partial charge on any atom is 0.516 e. The van der Waals surface area contributed by atoms with Crippen LogP contribution in [0.25, 0.3) is 0 Å². The van der Waals surface area contributed by atoms with Gasteiger partial charge in [-0.1, -0.05) is 186 Å². The second kappa shape index (κ2) is 47.9. The number of thiophene rings is 1. The fraction of sp³-hybridized carbons (Fsp3) is 0.244. The smallest absolute Gasteiger partial charge is 0.497 e. The number of rotatable bonds is 37. The van der Waals surface area contributed by atoms with Crippen LogP contribution in [0.1, 0.15) is 75.4 Å². The second-order valence-electron chi connectivity index (χ2n) is 31.5. The molecule has 11 aromatic rings. The molecule has 1 amide bonds. The molecule has 2 heterocycles. The van der Waals surface area contributed by atoms with Gasteiger partial charge in [0.15, 0.2) is 0 Å². The molecule has 1 aromatic heterocycles. The lowest BCUT2D eigenvalue weighted by Gasteiger charge is -2.30. The number of nitrogens with one attached hydrogen (secondary N) is 3. The third kappa shape index (κ3) is 29.5. The van der Waals surface area contributed by atoms with Gasteiger partial charge in [0.1, 0.15) is 25.5 Å². The number of halogens is 17. The normalized spacial score (nSPS) is 13.9. The zero-order valence-corrected chi connectivity index (χ0v) is 87.3. The highest BCUT2D eigenvalue weighted by Gasteiger charge is 2.55. The number of sulfonamides is 5. The lowest BCUT2D eigenvalue weighted by atomic mass is 9.97. The van der Waals surface area contributed by atoms with Crippen molar-refractivity contribution in [3.05, 3.63) is 319 Å². The van der Waals surface area contributed by atoms with Crippen LogP contribution >= 0.6 is 76.5 Å². The molecule has 0 radical (unpaired) electrons. The summed E-state index contributed by atoms with van der Waals surface area (Å²) in [5.41, 5.74) is -31.6. The molecule has 11 N–H and O–H groups in total. The van der Waals surface area contributed by atoms with Crippen molar-refractivity contribution in [1.29, 1.82) is 0 Å². The fourth-order valence-corrected chi connectivity index (χ4v) is 24.6. The van der Waals surface area contributed by atoms with Crippen LogP contribution < -0.4 is 24.8 Å². The van der Waals surface area contributed by atoms with Crippen LogP contribution in [0, 0.1) is 5.92 Å². The Labute approximate surface area is 856 Å². The van der Waals surface area contributed by atoms with Gasteiger partial charge in [-0.05, 0) is 143 Å². The number of amides is 1. The van der Waals surface area contributed by atoms with Crippen molar-refractivity contribution < 1.29 is 184 Å². The molecular weight excluding hydrogens is 2280 g/mol. The van der Waals surface area contributed by atoms with Gasteiger partial charge in [0.25, 0.3) is 19.9 Å². The molecule has 0 bridgehead atoms. The standard InChI is InChI=1S/2C23H23F4NO9P2S.C21H16Cl3F3N2O4S2.C19H22F3N3O5S3/c1-37-20-3-2-4-21(13-20)40(35,36)28(14-16-5-9-18(10-6-16)22(24,25)38(29,30)31)15-17-7-11-19(12-8-17)23(26,27)39(32,33)34;1-37-20-4-2-3-5-21(20)40(35,36)28(14-16-6-10-18(11-7-16)22(24,25)38(29,30)31)15-17-8-12-19(13-9-17)23(26,27)39(32,33)34;22-17-10-7-15(11-19(17)24)13-29(34(30,31)20-4-2-1-3-18(20)23)12-14-5-8-16(9-6-14)28-35(32,33)21(25,26)27;1-2-23-15-6-5-14(32(27,28)19(20,21)22)12-16(15)24-18(26)13-7-9-25(10-8-13)33(29,30)17-4-3-11-31-17/h2*2-13H,14-15H2,1H3,(H2,29,30,31)(H2,32,33,34);1-11,28H,12-13H2;3-6,11-13,23H,2,7-10H2,1H3,(H,24,26). The Hall–Kier alpha value is -9.40. The summed E-state index contributed by atoms with van der Waals surface area (Å²) in [6, 6.07) is 46.4. The summed E-state index contributed by atoms with van der Waals surface area (Å²) < 4.78 is 402. The number of benzene rings is 10. The molecule has 1 saturated heterocycles. The number of ether oxygens (including phenoxy) is 2. The number of methoxy groups -OCH3 is 2. The first-order chi connectivity index (χ1) is 68.2. The Morgan fingerprint density at radius 2 is 0.804 bits per heavy atom. The zero-order chi connectivity index (χ0) is 111. The van der Waals surface area contributed by atoms with Crippen molar-refractivity contribution in [3.8, 4) is 11.5 Å². The third-order valence-electron chi connectivity index (χ3n) is 21.3. The van der Waals surface area contributed by atoms with E-state index in [1.54, 1.807) is 30.5 Å². The minimum absolute atomic E-state index is 0.00328. The van der Waals surface area contributed by atoms with E-state index in [0.717, 1.165) is 152 Å². The van der Waals surface area contributed by atoms with Crippen LogP contribution in [0.4, 0.5) is 78.5 Å². The Morgan fingerprint density at radius 1 is 0.412 bits per heavy atom. The molecule has 34 nitrogen and oxygen atoms in total. The molecule has 12 rings (SSSR count). The molecule has 0 spiro atoms. The highest BCUT2D eigenvalue weighted by atomic mass is 35.5. The molecule has 0 aliphatic carbocycles. The van der Waals surface area contributed by atoms with E-state index < -0.39 is 189 Å². The lowest BCUT2D eigenvalue weighted by molar-refractivity contribution is -0.121. The number of para-hydroxylation sites is 1. The second-order valence-corrected chi connectivity index (χ2v) is 51.8. The van der Waals surface area contributed by atoms with Crippen LogP contribution in [0.5, 0.6) is 11.5 Å². The lowest BCUT2D eigenvalue weighted by Crippen LogP contribution is -2.41. The van der Waals surface area contributed by atoms with Gasteiger partial charge in [0.2, 0.25) is 36.0 Å². The van der Waals surface area contributed by atoms with E-state index in [1.165, 1.54) is 120 Å². The minimum Gasteiger partial charge on any atom is -0.497 e. The Bertz CT molecular complexity index is 7380. The number of alkyl halides is 14. The summed E-state index contributed by atoms with van der Waals surface area (Å²) in [5.74, 6) is -0.934. The van der Waals surface area contributed by atoms with Gasteiger partial charge >= 0.3 is 74.1 Å². The molecular formula is C86H84Cl3F14N7O27P4S7. The first-order valence-electron chi connectivity index (χ1n) is 41.5. The Kier molecular flexibility index (Phi) is 39.5. The summed E-state index contributed by atoms with van der Waals surface area (Å²) in [6.45, 7) is 0.201. The molecule has 148 heavy (non-hydrogen) atoms. The van der Waals surface area contributed by atoms with E-state index >= 15 is 0 Å². The van der Waals surface area contributed by atoms with Crippen molar-refractivity contribution in [2.45, 2.75) is 116 Å². The van der Waals surface area contributed by atoms with Crippen LogP contribution in [0.15, 0.2) is 272 Å². The average Bonchev–Trinajstić information content (AvgIpc) is 0.800. The van der Waals surface area contributed by atoms with E-state index in [4.69, 9.17) is 83.4 Å². The van der Waals surface area contributed by atoms with Crippen molar-refractivity contribution in [2.75, 3.05) is 49.2 Å². The molecule has 0 atom stereocenters. The quantitative estimate of drug-likeness (QED) is 0.0127. The largest absolute Gasteiger partial charge is 0.516 e. The molecule has 0 saturated carbocycles. The van der Waals surface area contributed by atoms with Crippen LogP contribution in [-0.4, -0.2) is 158 Å². The first-order valence-corrected chi connectivity index (χ1v) is 58.7. The van der Waals surface area contributed by atoms with Gasteiger partial charge in [0.05, 0.1) is 50.5 Å². The topological polar surface area (TPSA) is 520 Å². The first kappa shape index (κ1) is 122. The molecule has 1 aliphatic heterocycles. The SMILES string of the molecule is CCNc1ccc(S(=O)(=O)C(F)(F)F)cc1NC(=O)C1CCN(S(=O)(=O)c2cccs2)CC1.COc1cccc(S(=O)(=O)N(Cc2ccc(C(F)(F)P(=O)(O)O)cc2)Cc2ccc(C(F)(F)P(=O)(O)O)cc2)c1.COc1ccccc1S(=O)(=O)N(Cc1ccc(C(F)(F)P(=O)(O)O)cc1)Cc1ccc(C(F)(F)P(=O)(O)O)cc1.O=S(=O)(c1ccccc1Cl)N(Cc1ccc(NS(=O)(=O)C(F)(F)F)cc1)Cc1ccc(Cl)c(Cl)c1. The van der Waals surface area contributed by atoms with Crippen molar-refractivity contribution in [2.24, 2.45) is 5.92 Å². The Balaban J connectivity index is 0.000000220. The number of carbonyl (C=O) groups excluding carboxylic acids is 1. The Morgan fingerprint density at radius 3 is 1.18 bits per heavy atom. The van der Waals surface area contributed by atoms with Gasteiger partial charge in [-0.15, -0.1) is 11.3 Å². The van der Waals surface area contributed by atoms with Gasteiger partial charge in [-0.3, -0.25) is 27.8 Å². The van der Waals surface area contributed by atoms with E-state index in [-0.39, 0.29) is 124 Å². The van der Waals surface area contributed by atoms with E-state index in [0.29, 0.717) is 17.7 Å². The van der Waals surface area contributed by atoms with Gasteiger partial charge in [-0.2, -0.15) is 87.1 Å². The number of sulfone groups is 1. The number of anilines is 3. The summed E-state index contributed by atoms with van der Waals surface area (Å²) >= 11 is 19.2. The molecule has 62 heteroatoms. The van der Waals surface area contributed by atoms with E-state index in [2.05, 4.69) is 10.6 Å². The van der Waals surface area contributed by atoms with Gasteiger partial charge in [-0.25, -0.2) is 42.1 Å². The average molecular weight is 2370 g/mol. The zero-order valence-electron chi connectivity index (χ0n) is 75.7.